The first-order valence-corrected chi connectivity index (χ1v) is 7.38. The van der Waals surface area contributed by atoms with Crippen LogP contribution in [0.1, 0.15) is 23.6 Å². The molecule has 0 heterocycles. The highest BCUT2D eigenvalue weighted by molar-refractivity contribution is 9.09. The lowest BCUT2D eigenvalue weighted by atomic mass is 9.98. The molecule has 0 saturated carbocycles. The lowest BCUT2D eigenvalue weighted by Crippen LogP contribution is -2.29. The van der Waals surface area contributed by atoms with Gasteiger partial charge in [-0.15, -0.1) is 0 Å². The third-order valence-corrected chi connectivity index (χ3v) is 3.29. The minimum Gasteiger partial charge on any atom is -0.345 e. The predicted octanol–water partition coefficient (Wildman–Crippen LogP) is 3.68. The summed E-state index contributed by atoms with van der Waals surface area (Å²) in [6.07, 6.45) is 0.482. The third-order valence-electron chi connectivity index (χ3n) is 2.89. The quantitative estimate of drug-likeness (QED) is 0.837. The van der Waals surface area contributed by atoms with Crippen molar-refractivity contribution in [3.05, 3.63) is 71.8 Å². The highest BCUT2D eigenvalue weighted by Gasteiger charge is 2.15. The minimum atomic E-state index is -0.0889. The summed E-state index contributed by atoms with van der Waals surface area (Å²) >= 11 is 3.29. The third kappa shape index (κ3) is 3.93. The van der Waals surface area contributed by atoms with Crippen LogP contribution in [0.3, 0.4) is 0 Å². The molecule has 0 unspecified atom stereocenters. The summed E-state index contributed by atoms with van der Waals surface area (Å²) in [6, 6.07) is 20.0. The summed E-state index contributed by atoms with van der Waals surface area (Å²) in [6.45, 7) is 0. The molecule has 0 aromatic heterocycles. The van der Waals surface area contributed by atoms with Crippen LogP contribution >= 0.6 is 15.9 Å². The monoisotopic (exact) mass is 317 g/mol. The Balaban J connectivity index is 2.26. The molecule has 1 N–H and O–H groups in total. The molecule has 3 heteroatoms. The summed E-state index contributed by atoms with van der Waals surface area (Å²) in [5.41, 5.74) is 2.19. The van der Waals surface area contributed by atoms with Crippen molar-refractivity contribution in [1.82, 2.24) is 5.32 Å². The van der Waals surface area contributed by atoms with E-state index in [0.29, 0.717) is 11.8 Å². The van der Waals surface area contributed by atoms with Crippen LogP contribution in [0.4, 0.5) is 0 Å². The Labute approximate surface area is 122 Å². The summed E-state index contributed by atoms with van der Waals surface area (Å²) in [5.74, 6) is 0.0505. The fraction of sp³-hybridized carbons (Fsp3) is 0.188. The second-order valence-corrected chi connectivity index (χ2v) is 5.05. The zero-order chi connectivity index (χ0) is 13.5. The largest absolute Gasteiger partial charge is 0.345 e. The summed E-state index contributed by atoms with van der Waals surface area (Å²) in [7, 11) is 0. The van der Waals surface area contributed by atoms with E-state index in [1.165, 1.54) is 0 Å². The average Bonchev–Trinajstić information content (AvgIpc) is 2.47. The van der Waals surface area contributed by atoms with Gasteiger partial charge < -0.3 is 5.32 Å². The zero-order valence-electron chi connectivity index (χ0n) is 10.6. The van der Waals surface area contributed by atoms with Gasteiger partial charge in [-0.1, -0.05) is 76.6 Å². The molecule has 0 saturated heterocycles. The number of alkyl halides is 1. The average molecular weight is 318 g/mol. The van der Waals surface area contributed by atoms with Gasteiger partial charge in [0.1, 0.15) is 0 Å². The molecule has 2 aromatic rings. The Morgan fingerprint density at radius 1 is 0.947 bits per heavy atom. The molecule has 0 spiro atoms. The van der Waals surface area contributed by atoms with Gasteiger partial charge in [0.25, 0.3) is 0 Å². The van der Waals surface area contributed by atoms with Crippen molar-refractivity contribution in [1.29, 1.82) is 0 Å². The maximum absolute atomic E-state index is 11.9. The van der Waals surface area contributed by atoms with Crippen LogP contribution in [0.2, 0.25) is 0 Å². The Bertz CT molecular complexity index is 473. The molecule has 0 radical (unpaired) electrons. The molecular formula is C16H16BrNO. The number of carbonyl (C=O) groups is 1. The first-order valence-electron chi connectivity index (χ1n) is 6.26. The van der Waals surface area contributed by atoms with Gasteiger partial charge in [-0.2, -0.15) is 0 Å². The van der Waals surface area contributed by atoms with Crippen LogP contribution in [0.15, 0.2) is 60.7 Å². The minimum absolute atomic E-state index is 0.0505. The van der Waals surface area contributed by atoms with Gasteiger partial charge >= 0.3 is 0 Å². The van der Waals surface area contributed by atoms with E-state index in [0.717, 1.165) is 11.1 Å². The molecule has 0 aliphatic rings. The Morgan fingerprint density at radius 2 is 1.42 bits per heavy atom. The van der Waals surface area contributed by atoms with E-state index >= 15 is 0 Å². The molecule has 1 amide bonds. The van der Waals surface area contributed by atoms with Crippen LogP contribution in [0.5, 0.6) is 0 Å². The second-order valence-electron chi connectivity index (χ2n) is 4.26. The number of rotatable bonds is 5. The van der Waals surface area contributed by atoms with Gasteiger partial charge in [-0.05, 0) is 11.1 Å². The van der Waals surface area contributed by atoms with Crippen molar-refractivity contribution < 1.29 is 4.79 Å². The fourth-order valence-electron chi connectivity index (χ4n) is 1.97. The summed E-state index contributed by atoms with van der Waals surface area (Å²) in [4.78, 5) is 11.9. The van der Waals surface area contributed by atoms with Crippen LogP contribution in [0.25, 0.3) is 0 Å². The lowest BCUT2D eigenvalue weighted by Gasteiger charge is -2.19. The van der Waals surface area contributed by atoms with Crippen LogP contribution in [0, 0.1) is 0 Å². The number of halogens is 1. The molecule has 98 valence electrons. The normalized spacial score (nSPS) is 10.4. The van der Waals surface area contributed by atoms with E-state index in [4.69, 9.17) is 0 Å². The van der Waals surface area contributed by atoms with E-state index in [9.17, 15) is 4.79 Å². The first kappa shape index (κ1) is 13.8. The fourth-order valence-corrected chi connectivity index (χ4v) is 2.33. The van der Waals surface area contributed by atoms with Crippen LogP contribution in [-0.4, -0.2) is 11.2 Å². The topological polar surface area (TPSA) is 29.1 Å². The highest BCUT2D eigenvalue weighted by Crippen LogP contribution is 2.21. The van der Waals surface area contributed by atoms with Crippen molar-refractivity contribution >= 4 is 21.8 Å². The Kier molecular flexibility index (Phi) is 5.16. The maximum atomic E-state index is 11.9. The zero-order valence-corrected chi connectivity index (χ0v) is 12.1. The van der Waals surface area contributed by atoms with E-state index < -0.39 is 0 Å². The van der Waals surface area contributed by atoms with Crippen molar-refractivity contribution in [2.45, 2.75) is 12.5 Å². The van der Waals surface area contributed by atoms with E-state index in [-0.39, 0.29) is 11.9 Å². The Morgan fingerprint density at radius 3 is 1.84 bits per heavy atom. The number of hydrogen-bond donors (Lipinski definition) is 1. The standard InChI is InChI=1S/C16H16BrNO/c17-12-11-15(19)18-16(13-7-3-1-4-8-13)14-9-5-2-6-10-14/h1-10,16H,11-12H2,(H,18,19). The summed E-state index contributed by atoms with van der Waals surface area (Å²) in [5, 5.41) is 3.76. The number of hydrogen-bond acceptors (Lipinski definition) is 1. The van der Waals surface area contributed by atoms with Gasteiger partial charge in [0, 0.05) is 11.8 Å². The van der Waals surface area contributed by atoms with Crippen LogP contribution < -0.4 is 5.32 Å². The number of carbonyl (C=O) groups excluding carboxylic acids is 1. The summed E-state index contributed by atoms with van der Waals surface area (Å²) < 4.78 is 0. The van der Waals surface area contributed by atoms with E-state index in [1.54, 1.807) is 0 Å². The maximum Gasteiger partial charge on any atom is 0.221 e. The van der Waals surface area contributed by atoms with Gasteiger partial charge in [-0.25, -0.2) is 0 Å². The predicted molar refractivity (Wildman–Crippen MR) is 81.3 cm³/mol. The molecular weight excluding hydrogens is 302 g/mol. The molecule has 19 heavy (non-hydrogen) atoms. The van der Waals surface area contributed by atoms with Gasteiger partial charge in [0.05, 0.1) is 6.04 Å². The molecule has 2 rings (SSSR count). The Hall–Kier alpha value is -1.61. The molecule has 2 aromatic carbocycles. The van der Waals surface area contributed by atoms with Crippen molar-refractivity contribution in [2.75, 3.05) is 5.33 Å². The molecule has 0 bridgehead atoms. The van der Waals surface area contributed by atoms with Crippen molar-refractivity contribution in [2.24, 2.45) is 0 Å². The smallest absolute Gasteiger partial charge is 0.221 e. The van der Waals surface area contributed by atoms with Crippen LogP contribution in [-0.2, 0) is 4.79 Å². The second kappa shape index (κ2) is 7.10. The van der Waals surface area contributed by atoms with Crippen molar-refractivity contribution in [3.63, 3.8) is 0 Å². The molecule has 2 nitrogen and oxygen atoms in total. The number of amides is 1. The molecule has 0 atom stereocenters. The van der Waals surface area contributed by atoms with Gasteiger partial charge in [0.15, 0.2) is 0 Å². The van der Waals surface area contributed by atoms with Gasteiger partial charge in [-0.3, -0.25) is 4.79 Å². The molecule has 0 aliphatic carbocycles. The number of benzene rings is 2. The number of nitrogens with one attached hydrogen (secondary N) is 1. The first-order chi connectivity index (χ1) is 9.31. The van der Waals surface area contributed by atoms with Gasteiger partial charge in [0.2, 0.25) is 5.91 Å². The van der Waals surface area contributed by atoms with E-state index in [1.807, 2.05) is 60.7 Å². The SMILES string of the molecule is O=C(CCBr)NC(c1ccccc1)c1ccccc1. The van der Waals surface area contributed by atoms with Crippen molar-refractivity contribution in [3.8, 4) is 0 Å². The molecule has 0 fully saturated rings. The highest BCUT2D eigenvalue weighted by atomic mass is 79.9. The molecule has 0 aliphatic heterocycles. The van der Waals surface area contributed by atoms with E-state index in [2.05, 4.69) is 21.2 Å². The lowest BCUT2D eigenvalue weighted by molar-refractivity contribution is -0.121.